The zero-order valence-electron chi connectivity index (χ0n) is 19.5. The van der Waals surface area contributed by atoms with Crippen LogP contribution in [0.3, 0.4) is 0 Å². The molecule has 1 fully saturated rings. The molecule has 0 spiro atoms. The molecular weight excluding hydrogens is 426 g/mol. The molecule has 3 rings (SSSR count). The Morgan fingerprint density at radius 2 is 1.53 bits per heavy atom. The van der Waals surface area contributed by atoms with Crippen LogP contribution in [0.15, 0.2) is 48.5 Å². The van der Waals surface area contributed by atoms with Gasteiger partial charge in [-0.3, -0.25) is 9.52 Å². The molecule has 0 radical (unpaired) electrons. The number of carbonyl (C=O) groups is 1. The van der Waals surface area contributed by atoms with E-state index in [0.717, 1.165) is 12.2 Å². The van der Waals surface area contributed by atoms with Crippen molar-refractivity contribution in [3.05, 3.63) is 54.1 Å². The van der Waals surface area contributed by atoms with Gasteiger partial charge in [0.25, 0.3) is 5.91 Å². The van der Waals surface area contributed by atoms with Crippen LogP contribution in [-0.2, 0) is 14.8 Å². The molecule has 32 heavy (non-hydrogen) atoms. The molecule has 2 N–H and O–H groups in total. The number of ether oxygens (including phenoxy) is 1. The van der Waals surface area contributed by atoms with Crippen molar-refractivity contribution in [1.29, 1.82) is 0 Å². The molecule has 0 aromatic heterocycles. The number of carbonyl (C=O) groups excluding carboxylic acids is 1. The highest BCUT2D eigenvalue weighted by molar-refractivity contribution is 7.94. The third-order valence-corrected chi connectivity index (χ3v) is 7.85. The zero-order chi connectivity index (χ0) is 23.7. The van der Waals surface area contributed by atoms with Gasteiger partial charge in [0, 0.05) is 29.2 Å². The first-order valence-corrected chi connectivity index (χ1v) is 12.3. The molecule has 1 unspecified atom stereocenters. The van der Waals surface area contributed by atoms with Gasteiger partial charge < -0.3 is 15.0 Å². The second kappa shape index (κ2) is 9.11. The Bertz CT molecular complexity index is 1040. The minimum atomic E-state index is -3.52. The number of sulfonamides is 1. The molecule has 1 aliphatic heterocycles. The Labute approximate surface area is 191 Å². The van der Waals surface area contributed by atoms with Crippen LogP contribution in [0.4, 0.5) is 17.1 Å². The van der Waals surface area contributed by atoms with Gasteiger partial charge in [0.1, 0.15) is 0 Å². The first-order chi connectivity index (χ1) is 14.9. The maximum Gasteiger partial charge on any atom is 0.255 e. The first-order valence-electron chi connectivity index (χ1n) is 10.8. The van der Waals surface area contributed by atoms with Crippen LogP contribution < -0.4 is 14.9 Å². The monoisotopic (exact) mass is 459 g/mol. The van der Waals surface area contributed by atoms with Crippen LogP contribution in [-0.4, -0.2) is 43.9 Å². The van der Waals surface area contributed by atoms with Crippen molar-refractivity contribution in [2.45, 2.75) is 64.5 Å². The molecule has 174 valence electrons. The van der Waals surface area contributed by atoms with Crippen LogP contribution in [0.1, 0.15) is 51.9 Å². The van der Waals surface area contributed by atoms with Crippen LogP contribution in [0.2, 0.25) is 0 Å². The highest BCUT2D eigenvalue weighted by atomic mass is 32.2. The molecule has 0 bridgehead atoms. The van der Waals surface area contributed by atoms with Gasteiger partial charge in [-0.15, -0.1) is 0 Å². The number of nitrogens with zero attached hydrogens (tertiary/aromatic N) is 1. The molecule has 0 saturated carbocycles. The van der Waals surface area contributed by atoms with Crippen molar-refractivity contribution in [3.8, 4) is 0 Å². The first kappa shape index (κ1) is 24.1. The number of benzene rings is 2. The Morgan fingerprint density at radius 3 is 2.09 bits per heavy atom. The molecule has 7 nitrogen and oxygen atoms in total. The van der Waals surface area contributed by atoms with Gasteiger partial charge in [0.2, 0.25) is 10.0 Å². The van der Waals surface area contributed by atoms with Crippen molar-refractivity contribution in [2.24, 2.45) is 0 Å². The lowest BCUT2D eigenvalue weighted by Gasteiger charge is -2.42. The van der Waals surface area contributed by atoms with Crippen molar-refractivity contribution < 1.29 is 17.9 Å². The lowest BCUT2D eigenvalue weighted by atomic mass is 10.1. The molecule has 2 aromatic rings. The Morgan fingerprint density at radius 1 is 0.969 bits per heavy atom. The fourth-order valence-electron chi connectivity index (χ4n) is 3.50. The molecule has 1 aliphatic rings. The summed E-state index contributed by atoms with van der Waals surface area (Å²) < 4.78 is 32.1. The highest BCUT2D eigenvalue weighted by Crippen LogP contribution is 2.27. The fourth-order valence-corrected chi connectivity index (χ4v) is 4.25. The number of rotatable bonds is 5. The van der Waals surface area contributed by atoms with E-state index in [1.54, 1.807) is 45.0 Å². The number of hydrogen-bond acceptors (Lipinski definition) is 5. The summed E-state index contributed by atoms with van der Waals surface area (Å²) in [7, 11) is -3.52. The quantitative estimate of drug-likeness (QED) is 0.688. The smallest absolute Gasteiger partial charge is 0.255 e. The van der Waals surface area contributed by atoms with Gasteiger partial charge in [-0.25, -0.2) is 8.42 Å². The standard InChI is InChI=1S/C24H33N3O4S/c1-16-15-27(17(2)18(3)31-16)22-13-11-20(12-14-22)25-23(28)19-7-9-21(10-8-19)26-32(29,30)24(4,5)6/h7-14,16-18,26H,15H2,1-6H3,(H,25,28)/t16-,17?,18+/m0/s1. The maximum absolute atomic E-state index is 12.6. The largest absolute Gasteiger partial charge is 0.372 e. The molecule has 1 saturated heterocycles. The van der Waals surface area contributed by atoms with E-state index >= 15 is 0 Å². The van der Waals surface area contributed by atoms with E-state index in [-0.39, 0.29) is 24.2 Å². The Balaban J connectivity index is 1.65. The van der Waals surface area contributed by atoms with Crippen LogP contribution in [0, 0.1) is 0 Å². The van der Waals surface area contributed by atoms with Crippen LogP contribution in [0.25, 0.3) is 0 Å². The van der Waals surface area contributed by atoms with Gasteiger partial charge in [-0.2, -0.15) is 0 Å². The van der Waals surface area contributed by atoms with Crippen molar-refractivity contribution in [3.63, 3.8) is 0 Å². The summed E-state index contributed by atoms with van der Waals surface area (Å²) in [6, 6.07) is 14.4. The van der Waals surface area contributed by atoms with Gasteiger partial charge in [-0.05, 0) is 90.1 Å². The van der Waals surface area contributed by atoms with E-state index in [1.165, 1.54) is 0 Å². The van der Waals surface area contributed by atoms with Crippen LogP contribution in [0.5, 0.6) is 0 Å². The minimum Gasteiger partial charge on any atom is -0.372 e. The second-order valence-electron chi connectivity index (χ2n) is 9.34. The van der Waals surface area contributed by atoms with E-state index in [1.807, 2.05) is 24.3 Å². The minimum absolute atomic E-state index is 0.147. The van der Waals surface area contributed by atoms with Gasteiger partial charge in [0.15, 0.2) is 0 Å². The van der Waals surface area contributed by atoms with E-state index in [0.29, 0.717) is 16.9 Å². The van der Waals surface area contributed by atoms with E-state index in [2.05, 4.69) is 35.7 Å². The lowest BCUT2D eigenvalue weighted by Crippen LogP contribution is -2.52. The average molecular weight is 460 g/mol. The van der Waals surface area contributed by atoms with E-state index < -0.39 is 14.8 Å². The normalized spacial score (nSPS) is 21.8. The second-order valence-corrected chi connectivity index (χ2v) is 11.8. The zero-order valence-corrected chi connectivity index (χ0v) is 20.4. The molecule has 8 heteroatoms. The van der Waals surface area contributed by atoms with Crippen molar-refractivity contribution in [1.82, 2.24) is 0 Å². The number of anilines is 3. The number of morpholine rings is 1. The topological polar surface area (TPSA) is 87.7 Å². The molecule has 1 heterocycles. The van der Waals surface area contributed by atoms with Crippen molar-refractivity contribution in [2.75, 3.05) is 21.5 Å². The molecular formula is C24H33N3O4S. The van der Waals surface area contributed by atoms with Crippen LogP contribution >= 0.6 is 0 Å². The van der Waals surface area contributed by atoms with Gasteiger partial charge in [-0.1, -0.05) is 0 Å². The fraction of sp³-hybridized carbons (Fsp3) is 0.458. The number of nitrogens with one attached hydrogen (secondary N) is 2. The summed E-state index contributed by atoms with van der Waals surface area (Å²) >= 11 is 0. The lowest BCUT2D eigenvalue weighted by molar-refractivity contribution is -0.0257. The molecule has 3 atom stereocenters. The summed E-state index contributed by atoms with van der Waals surface area (Å²) in [5.74, 6) is -0.259. The average Bonchev–Trinajstić information content (AvgIpc) is 2.70. The maximum atomic E-state index is 12.6. The highest BCUT2D eigenvalue weighted by Gasteiger charge is 2.30. The Kier molecular flexibility index (Phi) is 6.86. The summed E-state index contributed by atoms with van der Waals surface area (Å²) in [6.45, 7) is 12.0. The third-order valence-electron chi connectivity index (χ3n) is 5.73. The summed E-state index contributed by atoms with van der Waals surface area (Å²) in [5.41, 5.74) is 2.65. The number of amides is 1. The molecule has 1 amide bonds. The van der Waals surface area contributed by atoms with E-state index in [4.69, 9.17) is 4.74 Å². The molecule has 0 aliphatic carbocycles. The van der Waals surface area contributed by atoms with Gasteiger partial charge >= 0.3 is 0 Å². The Hall–Kier alpha value is -2.58. The third kappa shape index (κ3) is 5.42. The SMILES string of the molecule is CC1[C@@H](C)O[C@@H](C)CN1c1ccc(NC(=O)c2ccc(NS(=O)(=O)C(C)(C)C)cc2)cc1. The predicted octanol–water partition coefficient (Wildman–Crippen LogP) is 4.48. The number of hydrogen-bond donors (Lipinski definition) is 2. The molecule has 2 aromatic carbocycles. The van der Waals surface area contributed by atoms with E-state index in [9.17, 15) is 13.2 Å². The van der Waals surface area contributed by atoms with Gasteiger partial charge in [0.05, 0.1) is 23.0 Å². The predicted molar refractivity (Wildman–Crippen MR) is 130 cm³/mol. The van der Waals surface area contributed by atoms with Crippen molar-refractivity contribution >= 4 is 33.0 Å². The summed E-state index contributed by atoms with van der Waals surface area (Å²) in [5, 5.41) is 2.89. The summed E-state index contributed by atoms with van der Waals surface area (Å²) in [6.07, 6.45) is 0.311. The summed E-state index contributed by atoms with van der Waals surface area (Å²) in [4.78, 5) is 14.9.